The van der Waals surface area contributed by atoms with E-state index < -0.39 is 11.6 Å². The maximum atomic E-state index is 13.7. The molecular formula is C13H9F2N3O. The first-order chi connectivity index (χ1) is 9.15. The number of furan rings is 1. The molecule has 0 aliphatic carbocycles. The van der Waals surface area contributed by atoms with E-state index in [0.29, 0.717) is 17.1 Å². The Hall–Kier alpha value is -2.63. The van der Waals surface area contributed by atoms with Crippen LogP contribution in [-0.2, 0) is 0 Å². The van der Waals surface area contributed by atoms with Gasteiger partial charge < -0.3 is 10.2 Å². The van der Waals surface area contributed by atoms with Crippen LogP contribution in [0, 0.1) is 11.6 Å². The molecule has 0 saturated carbocycles. The van der Waals surface area contributed by atoms with Crippen LogP contribution in [0.2, 0.25) is 0 Å². The normalized spacial score (nSPS) is 10.8. The molecule has 0 atom stereocenters. The molecule has 0 aliphatic rings. The lowest BCUT2D eigenvalue weighted by Gasteiger charge is -2.02. The summed E-state index contributed by atoms with van der Waals surface area (Å²) in [6.07, 6.45) is 2.94. The SMILES string of the molecule is Nc1cn(-c2ccc(F)cc2F)nc1-c1ccco1. The molecule has 0 aliphatic heterocycles. The van der Waals surface area contributed by atoms with Crippen molar-refractivity contribution in [2.24, 2.45) is 0 Å². The van der Waals surface area contributed by atoms with Gasteiger partial charge in [-0.3, -0.25) is 0 Å². The van der Waals surface area contributed by atoms with Crippen LogP contribution in [0.4, 0.5) is 14.5 Å². The van der Waals surface area contributed by atoms with Crippen LogP contribution in [0.15, 0.2) is 47.2 Å². The summed E-state index contributed by atoms with van der Waals surface area (Å²) in [6.45, 7) is 0. The highest BCUT2D eigenvalue weighted by atomic mass is 19.1. The minimum atomic E-state index is -0.714. The zero-order valence-electron chi connectivity index (χ0n) is 9.68. The molecular weight excluding hydrogens is 252 g/mol. The number of benzene rings is 1. The van der Waals surface area contributed by atoms with Crippen LogP contribution in [0.3, 0.4) is 0 Å². The number of anilines is 1. The third-order valence-electron chi connectivity index (χ3n) is 2.65. The standard InChI is InChI=1S/C13H9F2N3O/c14-8-3-4-11(9(15)6-8)18-7-10(16)13(17-18)12-2-1-5-19-12/h1-7H,16H2. The summed E-state index contributed by atoms with van der Waals surface area (Å²) in [5, 5.41) is 4.15. The number of aromatic nitrogens is 2. The first kappa shape index (κ1) is 11.5. The molecule has 4 nitrogen and oxygen atoms in total. The van der Waals surface area contributed by atoms with Crippen molar-refractivity contribution in [1.82, 2.24) is 9.78 Å². The fourth-order valence-corrected chi connectivity index (χ4v) is 1.78. The first-order valence-corrected chi connectivity index (χ1v) is 5.49. The lowest BCUT2D eigenvalue weighted by Crippen LogP contribution is -1.99. The first-order valence-electron chi connectivity index (χ1n) is 5.49. The summed E-state index contributed by atoms with van der Waals surface area (Å²) in [7, 11) is 0. The van der Waals surface area contributed by atoms with Crippen molar-refractivity contribution in [2.45, 2.75) is 0 Å². The average Bonchev–Trinajstić information content (AvgIpc) is 2.98. The van der Waals surface area contributed by atoms with Gasteiger partial charge in [-0.15, -0.1) is 0 Å². The van der Waals surface area contributed by atoms with E-state index in [1.165, 1.54) is 23.2 Å². The van der Waals surface area contributed by atoms with E-state index in [1.54, 1.807) is 12.1 Å². The Morgan fingerprint density at radius 1 is 1.21 bits per heavy atom. The zero-order valence-corrected chi connectivity index (χ0v) is 9.68. The topological polar surface area (TPSA) is 57.0 Å². The Bertz CT molecular complexity index is 720. The second-order valence-electron chi connectivity index (χ2n) is 3.95. The maximum Gasteiger partial charge on any atom is 0.156 e. The van der Waals surface area contributed by atoms with Gasteiger partial charge in [-0.05, 0) is 24.3 Å². The van der Waals surface area contributed by atoms with Gasteiger partial charge in [0.1, 0.15) is 11.5 Å². The van der Waals surface area contributed by atoms with E-state index in [4.69, 9.17) is 10.2 Å². The van der Waals surface area contributed by atoms with Gasteiger partial charge in [-0.25, -0.2) is 13.5 Å². The second kappa shape index (κ2) is 4.24. The van der Waals surface area contributed by atoms with Crippen LogP contribution >= 0.6 is 0 Å². The Balaban J connectivity index is 2.10. The fraction of sp³-hybridized carbons (Fsp3) is 0. The Labute approximate surface area is 107 Å². The number of nitrogen functional groups attached to an aromatic ring is 1. The van der Waals surface area contributed by atoms with Crippen LogP contribution < -0.4 is 5.73 Å². The summed E-state index contributed by atoms with van der Waals surface area (Å²) >= 11 is 0. The van der Waals surface area contributed by atoms with Gasteiger partial charge in [-0.2, -0.15) is 5.10 Å². The number of nitrogens with two attached hydrogens (primary N) is 1. The predicted molar refractivity (Wildman–Crippen MR) is 65.6 cm³/mol. The van der Waals surface area contributed by atoms with Crippen molar-refractivity contribution in [3.63, 3.8) is 0 Å². The second-order valence-corrected chi connectivity index (χ2v) is 3.95. The molecule has 0 saturated heterocycles. The Kier molecular flexibility index (Phi) is 2.56. The Morgan fingerprint density at radius 3 is 2.74 bits per heavy atom. The molecule has 1 aromatic carbocycles. The predicted octanol–water partition coefficient (Wildman–Crippen LogP) is 2.99. The molecule has 6 heteroatoms. The highest BCUT2D eigenvalue weighted by Crippen LogP contribution is 2.26. The molecule has 0 amide bonds. The largest absolute Gasteiger partial charge is 0.463 e. The van der Waals surface area contributed by atoms with Crippen LogP contribution in [-0.4, -0.2) is 9.78 Å². The van der Waals surface area contributed by atoms with Gasteiger partial charge >= 0.3 is 0 Å². The van der Waals surface area contributed by atoms with Crippen molar-refractivity contribution in [2.75, 3.05) is 5.73 Å². The van der Waals surface area contributed by atoms with Crippen LogP contribution in [0.25, 0.3) is 17.1 Å². The third kappa shape index (κ3) is 1.97. The minimum Gasteiger partial charge on any atom is -0.463 e. The van der Waals surface area contributed by atoms with Crippen molar-refractivity contribution < 1.29 is 13.2 Å². The highest BCUT2D eigenvalue weighted by Gasteiger charge is 2.14. The van der Waals surface area contributed by atoms with Gasteiger partial charge in [0.25, 0.3) is 0 Å². The van der Waals surface area contributed by atoms with Crippen LogP contribution in [0.5, 0.6) is 0 Å². The molecule has 0 radical (unpaired) electrons. The number of halogens is 2. The molecule has 19 heavy (non-hydrogen) atoms. The molecule has 0 bridgehead atoms. The quantitative estimate of drug-likeness (QED) is 0.771. The van der Waals surface area contributed by atoms with E-state index in [9.17, 15) is 8.78 Å². The van der Waals surface area contributed by atoms with E-state index in [2.05, 4.69) is 5.10 Å². The molecule has 3 rings (SSSR count). The molecule has 3 aromatic rings. The number of hydrogen-bond acceptors (Lipinski definition) is 3. The van der Waals surface area contributed by atoms with Crippen molar-refractivity contribution in [3.8, 4) is 17.1 Å². The summed E-state index contributed by atoms with van der Waals surface area (Å²) < 4.78 is 33.0. The van der Waals surface area contributed by atoms with Gasteiger partial charge in [0.15, 0.2) is 17.3 Å². The van der Waals surface area contributed by atoms with Gasteiger partial charge in [0.05, 0.1) is 18.1 Å². The molecule has 2 aromatic heterocycles. The number of nitrogens with zero attached hydrogens (tertiary/aromatic N) is 2. The Morgan fingerprint density at radius 2 is 2.05 bits per heavy atom. The highest BCUT2D eigenvalue weighted by molar-refractivity contribution is 5.68. The summed E-state index contributed by atoms with van der Waals surface area (Å²) in [5.74, 6) is -0.875. The zero-order chi connectivity index (χ0) is 13.4. The number of hydrogen-bond donors (Lipinski definition) is 1. The summed E-state index contributed by atoms with van der Waals surface area (Å²) in [4.78, 5) is 0. The molecule has 0 spiro atoms. The van der Waals surface area contributed by atoms with Gasteiger partial charge in [0.2, 0.25) is 0 Å². The molecule has 96 valence electrons. The third-order valence-corrected chi connectivity index (χ3v) is 2.65. The monoisotopic (exact) mass is 261 g/mol. The maximum absolute atomic E-state index is 13.7. The van der Waals surface area contributed by atoms with Gasteiger partial charge in [-0.1, -0.05) is 0 Å². The van der Waals surface area contributed by atoms with Crippen molar-refractivity contribution in [1.29, 1.82) is 0 Å². The summed E-state index contributed by atoms with van der Waals surface area (Å²) in [5.41, 5.74) is 6.68. The molecule has 2 N–H and O–H groups in total. The van der Waals surface area contributed by atoms with E-state index in [1.807, 2.05) is 0 Å². The van der Waals surface area contributed by atoms with Gasteiger partial charge in [0, 0.05) is 6.07 Å². The van der Waals surface area contributed by atoms with Crippen LogP contribution in [0.1, 0.15) is 0 Å². The lowest BCUT2D eigenvalue weighted by atomic mass is 10.3. The average molecular weight is 261 g/mol. The minimum absolute atomic E-state index is 0.117. The van der Waals surface area contributed by atoms with E-state index in [0.717, 1.165) is 12.1 Å². The molecule has 0 unspecified atom stereocenters. The number of rotatable bonds is 2. The van der Waals surface area contributed by atoms with Crippen molar-refractivity contribution >= 4 is 5.69 Å². The lowest BCUT2D eigenvalue weighted by molar-refractivity contribution is 0.570. The summed E-state index contributed by atoms with van der Waals surface area (Å²) in [6, 6.07) is 6.64. The molecule has 2 heterocycles. The van der Waals surface area contributed by atoms with E-state index >= 15 is 0 Å². The molecule has 0 fully saturated rings. The smallest absolute Gasteiger partial charge is 0.156 e. The van der Waals surface area contributed by atoms with E-state index in [-0.39, 0.29) is 5.69 Å². The van der Waals surface area contributed by atoms with Crippen molar-refractivity contribution in [3.05, 3.63) is 54.4 Å². The fourth-order valence-electron chi connectivity index (χ4n) is 1.78.